The molecule has 1 aromatic carbocycles. The number of pyridine rings is 1. The minimum absolute atomic E-state index is 0.187. The number of hydrogen-bond acceptors (Lipinski definition) is 3. The van der Waals surface area contributed by atoms with Gasteiger partial charge < -0.3 is 10.5 Å². The highest BCUT2D eigenvalue weighted by molar-refractivity contribution is 9.10. The molecule has 0 saturated carbocycles. The predicted molar refractivity (Wildman–Crippen MR) is 75.7 cm³/mol. The van der Waals surface area contributed by atoms with Crippen molar-refractivity contribution in [1.29, 1.82) is 0 Å². The van der Waals surface area contributed by atoms with E-state index in [2.05, 4.69) is 20.9 Å². The standard InChI is InChI=1S/C14H15BrN2O/c15-13-2-1-3-14(8-13)18-10-12(9-16)11-4-6-17-7-5-11/h1-8,12H,9-10,16H2. The maximum absolute atomic E-state index is 5.79. The first kappa shape index (κ1) is 13.1. The van der Waals surface area contributed by atoms with Gasteiger partial charge >= 0.3 is 0 Å². The molecule has 4 heteroatoms. The molecule has 0 spiro atoms. The summed E-state index contributed by atoms with van der Waals surface area (Å²) < 4.78 is 6.77. The molecule has 1 heterocycles. The molecule has 2 N–H and O–H groups in total. The van der Waals surface area contributed by atoms with Gasteiger partial charge in [0, 0.05) is 29.3 Å². The Morgan fingerprint density at radius 2 is 2.00 bits per heavy atom. The minimum Gasteiger partial charge on any atom is -0.493 e. The Morgan fingerprint density at radius 3 is 2.67 bits per heavy atom. The van der Waals surface area contributed by atoms with Crippen molar-refractivity contribution in [3.63, 3.8) is 0 Å². The first-order valence-electron chi connectivity index (χ1n) is 5.78. The van der Waals surface area contributed by atoms with Gasteiger partial charge in [0.1, 0.15) is 5.75 Å². The molecule has 94 valence electrons. The molecule has 1 unspecified atom stereocenters. The summed E-state index contributed by atoms with van der Waals surface area (Å²) >= 11 is 3.42. The molecule has 1 aromatic heterocycles. The van der Waals surface area contributed by atoms with Crippen LogP contribution in [0.15, 0.2) is 53.3 Å². The molecule has 18 heavy (non-hydrogen) atoms. The van der Waals surface area contributed by atoms with Gasteiger partial charge in [0.05, 0.1) is 6.61 Å². The normalized spacial score (nSPS) is 12.1. The lowest BCUT2D eigenvalue weighted by molar-refractivity contribution is 0.290. The fraction of sp³-hybridized carbons (Fsp3) is 0.214. The van der Waals surface area contributed by atoms with E-state index in [1.807, 2.05) is 36.4 Å². The number of aromatic nitrogens is 1. The third-order valence-corrected chi connectivity index (χ3v) is 3.20. The van der Waals surface area contributed by atoms with Crippen LogP contribution < -0.4 is 10.5 Å². The summed E-state index contributed by atoms with van der Waals surface area (Å²) in [6.45, 7) is 1.12. The number of nitrogens with zero attached hydrogens (tertiary/aromatic N) is 1. The van der Waals surface area contributed by atoms with E-state index >= 15 is 0 Å². The molecule has 0 aliphatic rings. The van der Waals surface area contributed by atoms with E-state index in [-0.39, 0.29) is 5.92 Å². The molecule has 0 saturated heterocycles. The van der Waals surface area contributed by atoms with Crippen LogP contribution in [0.1, 0.15) is 11.5 Å². The molecular weight excluding hydrogens is 292 g/mol. The van der Waals surface area contributed by atoms with Gasteiger partial charge in [-0.15, -0.1) is 0 Å². The second kappa shape index (κ2) is 6.52. The monoisotopic (exact) mass is 306 g/mol. The summed E-state index contributed by atoms with van der Waals surface area (Å²) in [6.07, 6.45) is 3.55. The minimum atomic E-state index is 0.187. The van der Waals surface area contributed by atoms with E-state index in [1.165, 1.54) is 0 Å². The van der Waals surface area contributed by atoms with Crippen molar-refractivity contribution in [2.24, 2.45) is 5.73 Å². The Kier molecular flexibility index (Phi) is 4.73. The maximum atomic E-state index is 5.79. The van der Waals surface area contributed by atoms with Crippen molar-refractivity contribution < 1.29 is 4.74 Å². The molecule has 0 amide bonds. The number of nitrogens with two attached hydrogens (primary N) is 1. The third kappa shape index (κ3) is 3.55. The van der Waals surface area contributed by atoms with Crippen molar-refractivity contribution in [1.82, 2.24) is 4.98 Å². The second-order valence-electron chi connectivity index (χ2n) is 3.98. The van der Waals surface area contributed by atoms with Crippen LogP contribution in [0, 0.1) is 0 Å². The van der Waals surface area contributed by atoms with Gasteiger partial charge in [0.25, 0.3) is 0 Å². The van der Waals surface area contributed by atoms with Crippen LogP contribution >= 0.6 is 15.9 Å². The van der Waals surface area contributed by atoms with Crippen molar-refractivity contribution in [3.05, 3.63) is 58.8 Å². The molecule has 0 fully saturated rings. The molecule has 0 aliphatic heterocycles. The Morgan fingerprint density at radius 1 is 1.22 bits per heavy atom. The van der Waals surface area contributed by atoms with Gasteiger partial charge in [-0.1, -0.05) is 22.0 Å². The van der Waals surface area contributed by atoms with Crippen molar-refractivity contribution in [2.45, 2.75) is 5.92 Å². The number of hydrogen-bond donors (Lipinski definition) is 1. The van der Waals surface area contributed by atoms with E-state index in [1.54, 1.807) is 12.4 Å². The number of ether oxygens (including phenoxy) is 1. The summed E-state index contributed by atoms with van der Waals surface area (Å²) in [6, 6.07) is 11.7. The van der Waals surface area contributed by atoms with Crippen LogP contribution in [0.3, 0.4) is 0 Å². The van der Waals surface area contributed by atoms with Gasteiger partial charge in [-0.25, -0.2) is 0 Å². The number of benzene rings is 1. The van der Waals surface area contributed by atoms with Gasteiger partial charge in [-0.3, -0.25) is 4.98 Å². The highest BCUT2D eigenvalue weighted by atomic mass is 79.9. The van der Waals surface area contributed by atoms with Crippen LogP contribution in [0.5, 0.6) is 5.75 Å². The lowest BCUT2D eigenvalue weighted by atomic mass is 10.0. The molecule has 2 aromatic rings. The quantitative estimate of drug-likeness (QED) is 0.924. The summed E-state index contributed by atoms with van der Waals surface area (Å²) in [7, 11) is 0. The average Bonchev–Trinajstić information content (AvgIpc) is 2.41. The first-order valence-corrected chi connectivity index (χ1v) is 6.57. The molecule has 2 rings (SSSR count). The summed E-state index contributed by atoms with van der Waals surface area (Å²) in [5.74, 6) is 1.03. The zero-order chi connectivity index (χ0) is 12.8. The van der Waals surface area contributed by atoms with Crippen LogP contribution in [-0.2, 0) is 0 Å². The maximum Gasteiger partial charge on any atom is 0.120 e. The van der Waals surface area contributed by atoms with E-state index in [9.17, 15) is 0 Å². The first-order chi connectivity index (χ1) is 8.79. The Hall–Kier alpha value is -1.39. The smallest absolute Gasteiger partial charge is 0.120 e. The van der Waals surface area contributed by atoms with Crippen molar-refractivity contribution in [3.8, 4) is 5.75 Å². The van der Waals surface area contributed by atoms with E-state index < -0.39 is 0 Å². The van der Waals surface area contributed by atoms with E-state index in [0.717, 1.165) is 15.8 Å². The average molecular weight is 307 g/mol. The molecule has 0 aliphatic carbocycles. The van der Waals surface area contributed by atoms with Gasteiger partial charge in [0.2, 0.25) is 0 Å². The van der Waals surface area contributed by atoms with Gasteiger partial charge in [0.15, 0.2) is 0 Å². The highest BCUT2D eigenvalue weighted by Crippen LogP contribution is 2.20. The van der Waals surface area contributed by atoms with Gasteiger partial charge in [-0.05, 0) is 35.9 Å². The molecular formula is C14H15BrN2O. The fourth-order valence-corrected chi connectivity index (χ4v) is 2.07. The molecule has 0 radical (unpaired) electrons. The van der Waals surface area contributed by atoms with Crippen molar-refractivity contribution >= 4 is 15.9 Å². The molecule has 3 nitrogen and oxygen atoms in total. The number of rotatable bonds is 5. The largest absolute Gasteiger partial charge is 0.493 e. The summed E-state index contributed by atoms with van der Waals surface area (Å²) in [5.41, 5.74) is 6.94. The SMILES string of the molecule is NCC(COc1cccc(Br)c1)c1ccncc1. The Bertz CT molecular complexity index is 490. The van der Waals surface area contributed by atoms with Gasteiger partial charge in [-0.2, -0.15) is 0 Å². The Balaban J connectivity index is 2.00. The highest BCUT2D eigenvalue weighted by Gasteiger charge is 2.10. The lowest BCUT2D eigenvalue weighted by Crippen LogP contribution is -2.19. The van der Waals surface area contributed by atoms with E-state index in [4.69, 9.17) is 10.5 Å². The topological polar surface area (TPSA) is 48.1 Å². The Labute approximate surface area is 115 Å². The zero-order valence-corrected chi connectivity index (χ0v) is 11.5. The lowest BCUT2D eigenvalue weighted by Gasteiger charge is -2.16. The summed E-state index contributed by atoms with van der Waals surface area (Å²) in [5, 5.41) is 0. The molecule has 1 atom stereocenters. The second-order valence-corrected chi connectivity index (χ2v) is 4.90. The van der Waals surface area contributed by atoms with Crippen molar-refractivity contribution in [2.75, 3.05) is 13.2 Å². The number of halogens is 1. The summed E-state index contributed by atoms with van der Waals surface area (Å²) in [4.78, 5) is 4.00. The van der Waals surface area contributed by atoms with Crippen LogP contribution in [0.25, 0.3) is 0 Å². The third-order valence-electron chi connectivity index (χ3n) is 2.71. The van der Waals surface area contributed by atoms with Crippen LogP contribution in [0.4, 0.5) is 0 Å². The predicted octanol–water partition coefficient (Wildman–Crippen LogP) is 2.97. The van der Waals surface area contributed by atoms with Crippen LogP contribution in [0.2, 0.25) is 0 Å². The zero-order valence-electron chi connectivity index (χ0n) is 9.92. The fourth-order valence-electron chi connectivity index (χ4n) is 1.69. The van der Waals surface area contributed by atoms with E-state index in [0.29, 0.717) is 13.2 Å². The van der Waals surface area contributed by atoms with Crippen LogP contribution in [-0.4, -0.2) is 18.1 Å². The molecule has 0 bridgehead atoms.